The topological polar surface area (TPSA) is 89.3 Å². The number of hydrogen-bond acceptors (Lipinski definition) is 4. The molecular formula is C13H9Cl3N2O4S. The van der Waals surface area contributed by atoms with Crippen LogP contribution >= 0.6 is 34.8 Å². The van der Waals surface area contributed by atoms with Gasteiger partial charge in [-0.05, 0) is 17.7 Å². The Balaban J connectivity index is 2.25. The number of nitrogens with one attached hydrogen (secondary N) is 1. The number of non-ortho nitro benzene ring substituents is 1. The number of rotatable bonds is 5. The maximum atomic E-state index is 12.2. The lowest BCUT2D eigenvalue weighted by atomic mass is 10.2. The maximum absolute atomic E-state index is 12.2. The largest absolute Gasteiger partial charge is 0.282 e. The van der Waals surface area contributed by atoms with Gasteiger partial charge in [0, 0.05) is 12.1 Å². The first kappa shape index (κ1) is 17.8. The average molecular weight is 396 g/mol. The quantitative estimate of drug-likeness (QED) is 0.458. The second kappa shape index (κ2) is 6.92. The molecule has 2 aromatic rings. The number of halogens is 3. The van der Waals surface area contributed by atoms with E-state index < -0.39 is 20.7 Å². The van der Waals surface area contributed by atoms with Crippen LogP contribution in [0.4, 0.5) is 11.4 Å². The lowest BCUT2D eigenvalue weighted by Gasteiger charge is -2.11. The Bertz CT molecular complexity index is 872. The van der Waals surface area contributed by atoms with Gasteiger partial charge < -0.3 is 0 Å². The molecule has 0 unspecified atom stereocenters. The zero-order chi connectivity index (χ0) is 17.2. The van der Waals surface area contributed by atoms with Crippen molar-refractivity contribution >= 4 is 56.2 Å². The summed E-state index contributed by atoms with van der Waals surface area (Å²) in [5.41, 5.74) is 0.152. The molecule has 0 fully saturated rings. The van der Waals surface area contributed by atoms with E-state index in [1.807, 2.05) is 0 Å². The highest BCUT2D eigenvalue weighted by Gasteiger charge is 2.17. The van der Waals surface area contributed by atoms with E-state index in [-0.39, 0.29) is 32.0 Å². The van der Waals surface area contributed by atoms with Crippen molar-refractivity contribution in [2.45, 2.75) is 5.75 Å². The first-order chi connectivity index (χ1) is 10.7. The molecule has 10 heteroatoms. The second-order valence-electron chi connectivity index (χ2n) is 4.53. The molecule has 23 heavy (non-hydrogen) atoms. The predicted octanol–water partition coefficient (Wildman–Crippen LogP) is 4.50. The molecule has 122 valence electrons. The lowest BCUT2D eigenvalue weighted by molar-refractivity contribution is -0.384. The molecule has 0 amide bonds. The fourth-order valence-electron chi connectivity index (χ4n) is 1.78. The molecule has 0 radical (unpaired) electrons. The van der Waals surface area contributed by atoms with Crippen molar-refractivity contribution in [3.63, 3.8) is 0 Å². The third-order valence-corrected chi connectivity index (χ3v) is 5.03. The van der Waals surface area contributed by atoms with Crippen LogP contribution < -0.4 is 4.72 Å². The minimum atomic E-state index is -3.84. The van der Waals surface area contributed by atoms with Gasteiger partial charge in [-0.25, -0.2) is 8.42 Å². The van der Waals surface area contributed by atoms with Gasteiger partial charge in [0.15, 0.2) is 0 Å². The Morgan fingerprint density at radius 3 is 2.35 bits per heavy atom. The molecule has 2 rings (SSSR count). The van der Waals surface area contributed by atoms with E-state index in [2.05, 4.69) is 4.72 Å². The normalized spacial score (nSPS) is 11.3. The van der Waals surface area contributed by atoms with Crippen LogP contribution in [0.2, 0.25) is 15.1 Å². The molecule has 0 atom stereocenters. The highest BCUT2D eigenvalue weighted by Crippen LogP contribution is 2.33. The van der Waals surface area contributed by atoms with Gasteiger partial charge in [0.25, 0.3) is 5.69 Å². The van der Waals surface area contributed by atoms with Crippen LogP contribution in [0.3, 0.4) is 0 Å². The zero-order valence-corrected chi connectivity index (χ0v) is 14.4. The van der Waals surface area contributed by atoms with Gasteiger partial charge in [-0.15, -0.1) is 0 Å². The molecular weight excluding hydrogens is 387 g/mol. The van der Waals surface area contributed by atoms with Gasteiger partial charge in [-0.1, -0.05) is 46.9 Å². The average Bonchev–Trinajstić information content (AvgIpc) is 2.44. The first-order valence-electron chi connectivity index (χ1n) is 6.06. The van der Waals surface area contributed by atoms with Crippen LogP contribution in [0.25, 0.3) is 0 Å². The first-order valence-corrected chi connectivity index (χ1v) is 8.85. The SMILES string of the molecule is O=[N+]([O-])c1cccc(CS(=O)(=O)Nc2cc(Cl)c(Cl)cc2Cl)c1. The van der Waals surface area contributed by atoms with Crippen molar-refractivity contribution in [3.05, 3.63) is 67.1 Å². The highest BCUT2D eigenvalue weighted by molar-refractivity contribution is 7.91. The molecule has 0 spiro atoms. The van der Waals surface area contributed by atoms with Gasteiger partial charge in [0.1, 0.15) is 0 Å². The van der Waals surface area contributed by atoms with Crippen LogP contribution in [-0.2, 0) is 15.8 Å². The van der Waals surface area contributed by atoms with Crippen LogP contribution in [-0.4, -0.2) is 13.3 Å². The fourth-order valence-corrected chi connectivity index (χ4v) is 3.63. The number of hydrogen-bond donors (Lipinski definition) is 1. The molecule has 0 aromatic heterocycles. The Kier molecular flexibility index (Phi) is 5.36. The molecule has 6 nitrogen and oxygen atoms in total. The molecule has 0 aliphatic rings. The summed E-state index contributed by atoms with van der Waals surface area (Å²) in [4.78, 5) is 10.1. The van der Waals surface area contributed by atoms with Gasteiger partial charge in [-0.3, -0.25) is 14.8 Å². The number of sulfonamides is 1. The second-order valence-corrected chi connectivity index (χ2v) is 7.48. The summed E-state index contributed by atoms with van der Waals surface area (Å²) in [6.45, 7) is 0. The molecule has 2 aromatic carbocycles. The van der Waals surface area contributed by atoms with E-state index in [0.29, 0.717) is 0 Å². The maximum Gasteiger partial charge on any atom is 0.269 e. The van der Waals surface area contributed by atoms with Gasteiger partial charge >= 0.3 is 0 Å². The molecule has 0 aliphatic carbocycles. The van der Waals surface area contributed by atoms with Crippen molar-refractivity contribution in [3.8, 4) is 0 Å². The van der Waals surface area contributed by atoms with Crippen LogP contribution in [0, 0.1) is 10.1 Å². The highest BCUT2D eigenvalue weighted by atomic mass is 35.5. The van der Waals surface area contributed by atoms with Gasteiger partial charge in [-0.2, -0.15) is 0 Å². The summed E-state index contributed by atoms with van der Waals surface area (Å²) in [6, 6.07) is 7.96. The predicted molar refractivity (Wildman–Crippen MR) is 90.8 cm³/mol. The van der Waals surface area contributed by atoms with Gasteiger partial charge in [0.05, 0.1) is 31.4 Å². The van der Waals surface area contributed by atoms with Crippen molar-refractivity contribution < 1.29 is 13.3 Å². The Morgan fingerprint density at radius 2 is 1.70 bits per heavy atom. The summed E-state index contributed by atoms with van der Waals surface area (Å²) < 4.78 is 26.6. The number of nitro benzene ring substituents is 1. The monoisotopic (exact) mass is 394 g/mol. The van der Waals surface area contributed by atoms with Crippen molar-refractivity contribution in [2.24, 2.45) is 0 Å². The van der Waals surface area contributed by atoms with E-state index >= 15 is 0 Å². The molecule has 1 N–H and O–H groups in total. The Labute approximate surface area is 147 Å². The molecule has 0 saturated heterocycles. The van der Waals surface area contributed by atoms with Crippen molar-refractivity contribution in [1.29, 1.82) is 0 Å². The molecule has 0 heterocycles. The number of anilines is 1. The standard InChI is InChI=1S/C13H9Cl3N2O4S/c14-10-5-12(16)13(6-11(10)15)17-23(21,22)7-8-2-1-3-9(4-8)18(19)20/h1-6,17H,7H2. The number of nitro groups is 1. The zero-order valence-electron chi connectivity index (χ0n) is 11.3. The minimum Gasteiger partial charge on any atom is -0.282 e. The van der Waals surface area contributed by atoms with Crippen LogP contribution in [0.15, 0.2) is 36.4 Å². The summed E-state index contributed by atoms with van der Waals surface area (Å²) in [5.74, 6) is -0.453. The third kappa shape index (κ3) is 4.71. The summed E-state index contributed by atoms with van der Waals surface area (Å²) in [7, 11) is -3.84. The Hall–Kier alpha value is -1.54. The van der Waals surface area contributed by atoms with Crippen LogP contribution in [0.5, 0.6) is 0 Å². The number of benzene rings is 2. The van der Waals surface area contributed by atoms with Crippen LogP contribution in [0.1, 0.15) is 5.56 Å². The van der Waals surface area contributed by atoms with E-state index in [1.165, 1.54) is 36.4 Å². The smallest absolute Gasteiger partial charge is 0.269 e. The molecule has 0 aliphatic heterocycles. The fraction of sp³-hybridized carbons (Fsp3) is 0.0769. The minimum absolute atomic E-state index is 0.0755. The Morgan fingerprint density at radius 1 is 1.04 bits per heavy atom. The lowest BCUT2D eigenvalue weighted by Crippen LogP contribution is -2.15. The van der Waals surface area contributed by atoms with E-state index in [0.717, 1.165) is 0 Å². The number of nitrogens with zero attached hydrogens (tertiary/aromatic N) is 1. The summed E-state index contributed by atoms with van der Waals surface area (Å²) in [5, 5.41) is 11.1. The van der Waals surface area contributed by atoms with E-state index in [9.17, 15) is 18.5 Å². The molecule has 0 saturated carbocycles. The van der Waals surface area contributed by atoms with E-state index in [1.54, 1.807) is 0 Å². The van der Waals surface area contributed by atoms with Gasteiger partial charge in [0.2, 0.25) is 10.0 Å². The summed E-state index contributed by atoms with van der Waals surface area (Å²) in [6.07, 6.45) is 0. The molecule has 0 bridgehead atoms. The van der Waals surface area contributed by atoms with Crippen molar-refractivity contribution in [1.82, 2.24) is 0 Å². The summed E-state index contributed by atoms with van der Waals surface area (Å²) >= 11 is 17.5. The van der Waals surface area contributed by atoms with Crippen molar-refractivity contribution in [2.75, 3.05) is 4.72 Å². The van der Waals surface area contributed by atoms with E-state index in [4.69, 9.17) is 34.8 Å². The third-order valence-electron chi connectivity index (χ3n) is 2.75.